The average molecular weight is 477 g/mol. The van der Waals surface area contributed by atoms with E-state index in [1.54, 1.807) is 13.8 Å². The lowest BCUT2D eigenvalue weighted by molar-refractivity contribution is -0.167. The molecular formula is C31H40O4. The first kappa shape index (κ1) is 25.5. The first-order chi connectivity index (χ1) is 16.0. The Balaban J connectivity index is 1.98. The van der Waals surface area contributed by atoms with Crippen LogP contribution in [0, 0.1) is 41.5 Å². The molecule has 0 aliphatic carbocycles. The monoisotopic (exact) mass is 476 g/mol. The highest BCUT2D eigenvalue weighted by molar-refractivity contribution is 5.99. The molecule has 2 aromatic carbocycles. The molecule has 0 aromatic heterocycles. The van der Waals surface area contributed by atoms with E-state index >= 15 is 0 Å². The molecule has 2 aromatic rings. The van der Waals surface area contributed by atoms with Gasteiger partial charge < -0.3 is 9.47 Å². The number of hydrogen-bond donors (Lipinski definition) is 0. The van der Waals surface area contributed by atoms with Crippen molar-refractivity contribution in [2.45, 2.75) is 113 Å². The van der Waals surface area contributed by atoms with Crippen molar-refractivity contribution in [3.63, 3.8) is 0 Å². The number of ether oxygens (including phenoxy) is 2. The van der Waals surface area contributed by atoms with Crippen molar-refractivity contribution in [1.82, 2.24) is 0 Å². The number of fused-ring (bicyclic) bond motifs is 2. The van der Waals surface area contributed by atoms with Gasteiger partial charge in [0.1, 0.15) is 11.5 Å². The van der Waals surface area contributed by atoms with Crippen LogP contribution in [0.2, 0.25) is 0 Å². The van der Waals surface area contributed by atoms with Crippen molar-refractivity contribution < 1.29 is 19.1 Å². The minimum Gasteiger partial charge on any atom is -0.452 e. The fraction of sp³-hybridized carbons (Fsp3) is 0.548. The summed E-state index contributed by atoms with van der Waals surface area (Å²) in [4.78, 5) is 25.1. The molecule has 0 N–H and O–H groups in total. The van der Waals surface area contributed by atoms with E-state index in [2.05, 4.69) is 41.5 Å². The molecular weight excluding hydrogens is 436 g/mol. The van der Waals surface area contributed by atoms with Gasteiger partial charge >= 0.3 is 0 Å². The highest BCUT2D eigenvalue weighted by atomic mass is 16.7. The molecule has 1 spiro atoms. The van der Waals surface area contributed by atoms with E-state index in [1.807, 2.05) is 27.7 Å². The molecule has 35 heavy (non-hydrogen) atoms. The second-order valence-electron chi connectivity index (χ2n) is 12.3. The van der Waals surface area contributed by atoms with Gasteiger partial charge in [-0.3, -0.25) is 9.59 Å². The summed E-state index contributed by atoms with van der Waals surface area (Å²) in [5.41, 5.74) is 9.32. The fourth-order valence-corrected chi connectivity index (χ4v) is 7.31. The van der Waals surface area contributed by atoms with Gasteiger partial charge in [-0.05, 0) is 88.8 Å². The number of benzene rings is 2. The molecule has 4 rings (SSSR count). The molecule has 0 saturated heterocycles. The van der Waals surface area contributed by atoms with E-state index in [4.69, 9.17) is 9.47 Å². The summed E-state index contributed by atoms with van der Waals surface area (Å²) in [5, 5.41) is 0. The Labute approximate surface area is 210 Å². The van der Waals surface area contributed by atoms with E-state index < -0.39 is 5.79 Å². The first-order valence-electron chi connectivity index (χ1n) is 12.6. The summed E-state index contributed by atoms with van der Waals surface area (Å²) in [6.45, 7) is 24.4. The van der Waals surface area contributed by atoms with Crippen molar-refractivity contribution in [3.8, 4) is 11.5 Å². The maximum atomic E-state index is 12.5. The summed E-state index contributed by atoms with van der Waals surface area (Å²) in [6, 6.07) is 0. The van der Waals surface area contributed by atoms with Gasteiger partial charge in [-0.15, -0.1) is 0 Å². The van der Waals surface area contributed by atoms with Crippen LogP contribution in [0.4, 0.5) is 0 Å². The molecule has 2 aliphatic rings. The normalized spacial score (nSPS) is 18.9. The third-order valence-corrected chi connectivity index (χ3v) is 8.57. The SMILES string of the molecule is CC(=O)c1c(C)c(C)c2c(c1C)C(C)(C)CC1(CC(C)(C)c3c(C)c(C(C)=O)c(C)c(C)c3O1)O2. The molecule has 0 unspecified atom stereocenters. The van der Waals surface area contributed by atoms with Gasteiger partial charge in [0.2, 0.25) is 0 Å². The number of Topliss-reactive ketones (excluding diaryl/α,β-unsaturated/α-hetero) is 2. The van der Waals surface area contributed by atoms with Crippen LogP contribution in [0.15, 0.2) is 0 Å². The molecule has 2 heterocycles. The van der Waals surface area contributed by atoms with Crippen LogP contribution in [-0.4, -0.2) is 17.4 Å². The number of ketones is 2. The maximum absolute atomic E-state index is 12.5. The highest BCUT2D eigenvalue weighted by Gasteiger charge is 2.55. The summed E-state index contributed by atoms with van der Waals surface area (Å²) in [5.74, 6) is 1.05. The minimum absolute atomic E-state index is 0.0915. The van der Waals surface area contributed by atoms with Crippen molar-refractivity contribution >= 4 is 11.6 Å². The Morgan fingerprint density at radius 3 is 1.17 bits per heavy atom. The van der Waals surface area contributed by atoms with Gasteiger partial charge in [0.15, 0.2) is 11.6 Å². The predicted molar refractivity (Wildman–Crippen MR) is 141 cm³/mol. The Kier molecular flexibility index (Phi) is 5.59. The smallest absolute Gasteiger partial charge is 0.252 e. The van der Waals surface area contributed by atoms with Gasteiger partial charge in [-0.1, -0.05) is 27.7 Å². The predicted octanol–water partition coefficient (Wildman–Crippen LogP) is 7.46. The molecule has 4 heteroatoms. The van der Waals surface area contributed by atoms with Gasteiger partial charge in [-0.25, -0.2) is 0 Å². The zero-order valence-electron chi connectivity index (χ0n) is 23.5. The van der Waals surface area contributed by atoms with Crippen molar-refractivity contribution in [2.24, 2.45) is 0 Å². The van der Waals surface area contributed by atoms with E-state index in [0.717, 1.165) is 67.1 Å². The molecule has 0 saturated carbocycles. The van der Waals surface area contributed by atoms with Crippen molar-refractivity contribution in [2.75, 3.05) is 0 Å². The van der Waals surface area contributed by atoms with E-state index in [1.165, 1.54) is 0 Å². The minimum atomic E-state index is -0.838. The fourth-order valence-electron chi connectivity index (χ4n) is 7.31. The second-order valence-corrected chi connectivity index (χ2v) is 12.3. The molecule has 2 aliphatic heterocycles. The van der Waals surface area contributed by atoms with Crippen LogP contribution in [0.3, 0.4) is 0 Å². The van der Waals surface area contributed by atoms with Gasteiger partial charge in [0, 0.05) is 45.9 Å². The zero-order valence-corrected chi connectivity index (χ0v) is 23.5. The van der Waals surface area contributed by atoms with Crippen LogP contribution in [-0.2, 0) is 10.8 Å². The van der Waals surface area contributed by atoms with Crippen LogP contribution >= 0.6 is 0 Å². The Morgan fingerprint density at radius 1 is 0.571 bits per heavy atom. The average Bonchev–Trinajstić information content (AvgIpc) is 2.67. The molecule has 0 amide bonds. The number of carbonyl (C=O) groups excluding carboxylic acids is 2. The van der Waals surface area contributed by atoms with Crippen LogP contribution in [0.25, 0.3) is 0 Å². The quantitative estimate of drug-likeness (QED) is 0.422. The standard InChI is InChI=1S/C31H40O4/c1-15-17(3)27-25(19(5)23(15)21(7)32)29(9,10)13-31(34-27)14-30(11,12)26-20(6)24(22(8)33)16(2)18(4)28(26)35-31/h13-14H2,1-12H3. The third kappa shape index (κ3) is 3.55. The second kappa shape index (κ2) is 7.69. The number of hydrogen-bond acceptors (Lipinski definition) is 4. The zero-order chi connectivity index (χ0) is 26.4. The van der Waals surface area contributed by atoms with Crippen molar-refractivity contribution in [1.29, 1.82) is 0 Å². The number of carbonyl (C=O) groups is 2. The topological polar surface area (TPSA) is 52.6 Å². The lowest BCUT2D eigenvalue weighted by Gasteiger charge is -2.53. The summed E-state index contributed by atoms with van der Waals surface area (Å²) in [7, 11) is 0. The Bertz CT molecular complexity index is 1210. The lowest BCUT2D eigenvalue weighted by atomic mass is 9.66. The summed E-state index contributed by atoms with van der Waals surface area (Å²) >= 11 is 0. The number of rotatable bonds is 2. The summed E-state index contributed by atoms with van der Waals surface area (Å²) < 4.78 is 13.9. The largest absolute Gasteiger partial charge is 0.452 e. The highest BCUT2D eigenvalue weighted by Crippen LogP contribution is 2.57. The van der Waals surface area contributed by atoms with E-state index in [-0.39, 0.29) is 22.4 Å². The Hall–Kier alpha value is -2.62. The van der Waals surface area contributed by atoms with Gasteiger partial charge in [-0.2, -0.15) is 0 Å². The summed E-state index contributed by atoms with van der Waals surface area (Å²) in [6.07, 6.45) is 1.34. The molecule has 0 radical (unpaired) electrons. The molecule has 0 fully saturated rings. The molecule has 0 atom stereocenters. The first-order valence-corrected chi connectivity index (χ1v) is 12.6. The van der Waals surface area contributed by atoms with Crippen LogP contribution in [0.1, 0.15) is 120 Å². The Morgan fingerprint density at radius 2 is 0.886 bits per heavy atom. The van der Waals surface area contributed by atoms with Crippen LogP contribution < -0.4 is 9.47 Å². The van der Waals surface area contributed by atoms with Gasteiger partial charge in [0.25, 0.3) is 5.79 Å². The molecule has 0 bridgehead atoms. The maximum Gasteiger partial charge on any atom is 0.252 e. The van der Waals surface area contributed by atoms with Gasteiger partial charge in [0.05, 0.1) is 0 Å². The molecule has 4 nitrogen and oxygen atoms in total. The lowest BCUT2D eigenvalue weighted by Crippen LogP contribution is -2.56. The van der Waals surface area contributed by atoms with E-state index in [9.17, 15) is 9.59 Å². The van der Waals surface area contributed by atoms with Crippen molar-refractivity contribution in [3.05, 3.63) is 55.6 Å². The van der Waals surface area contributed by atoms with Crippen LogP contribution in [0.5, 0.6) is 11.5 Å². The third-order valence-electron chi connectivity index (χ3n) is 8.57. The molecule has 188 valence electrons. The van der Waals surface area contributed by atoms with E-state index in [0.29, 0.717) is 12.8 Å².